The first-order chi connectivity index (χ1) is 16.0. The minimum absolute atomic E-state index is 0.0721. The molecule has 5 rings (SSSR count). The third-order valence-electron chi connectivity index (χ3n) is 4.90. The molecule has 0 saturated carbocycles. The van der Waals surface area contributed by atoms with Gasteiger partial charge in [-0.1, -0.05) is 0 Å². The van der Waals surface area contributed by atoms with E-state index in [9.17, 15) is 4.79 Å². The first-order valence-corrected chi connectivity index (χ1v) is 11.3. The van der Waals surface area contributed by atoms with E-state index < -0.39 is 0 Å². The molecule has 0 radical (unpaired) electrons. The van der Waals surface area contributed by atoms with E-state index in [0.717, 1.165) is 28.5 Å². The largest absolute Gasteiger partial charge is 0.491 e. The van der Waals surface area contributed by atoms with Gasteiger partial charge < -0.3 is 19.5 Å². The highest BCUT2D eigenvalue weighted by atomic mass is 32.1. The molecule has 9 heteroatoms. The zero-order valence-corrected chi connectivity index (χ0v) is 19.2. The minimum Gasteiger partial charge on any atom is -0.491 e. The number of aryl methyl sites for hydroxylation is 1. The quantitative estimate of drug-likeness (QED) is 0.430. The smallest absolute Gasteiger partial charge is 0.256 e. The Morgan fingerprint density at radius 1 is 1.12 bits per heavy atom. The Hall–Kier alpha value is -3.85. The SMILES string of the molecule is Cc1cc(NC(=O)c2ccc(OC(C)C)cc2)n(-c2nc(-c3ccc4c(c3)OCO4)cs2)n1. The summed E-state index contributed by atoms with van der Waals surface area (Å²) in [6.07, 6.45) is 0.0721. The van der Waals surface area contributed by atoms with E-state index in [-0.39, 0.29) is 18.8 Å². The van der Waals surface area contributed by atoms with Crippen molar-refractivity contribution in [1.82, 2.24) is 14.8 Å². The normalized spacial score (nSPS) is 12.2. The van der Waals surface area contributed by atoms with Crippen molar-refractivity contribution in [3.8, 4) is 33.6 Å². The van der Waals surface area contributed by atoms with Crippen molar-refractivity contribution < 1.29 is 19.0 Å². The van der Waals surface area contributed by atoms with Crippen molar-refractivity contribution in [3.05, 3.63) is 65.2 Å². The molecule has 0 saturated heterocycles. The maximum atomic E-state index is 12.8. The van der Waals surface area contributed by atoms with Gasteiger partial charge in [-0.3, -0.25) is 4.79 Å². The van der Waals surface area contributed by atoms with Gasteiger partial charge in [-0.2, -0.15) is 9.78 Å². The summed E-state index contributed by atoms with van der Waals surface area (Å²) in [6, 6.07) is 14.6. The Balaban J connectivity index is 1.37. The second-order valence-electron chi connectivity index (χ2n) is 7.81. The van der Waals surface area contributed by atoms with Crippen LogP contribution in [0.2, 0.25) is 0 Å². The number of aromatic nitrogens is 3. The topological polar surface area (TPSA) is 87.5 Å². The maximum Gasteiger partial charge on any atom is 0.256 e. The Labute approximate surface area is 194 Å². The van der Waals surface area contributed by atoms with E-state index in [2.05, 4.69) is 10.4 Å². The molecule has 2 aromatic heterocycles. The second-order valence-corrected chi connectivity index (χ2v) is 8.65. The summed E-state index contributed by atoms with van der Waals surface area (Å²) in [6.45, 7) is 6.02. The first-order valence-electron chi connectivity index (χ1n) is 10.5. The highest BCUT2D eigenvalue weighted by Gasteiger charge is 2.18. The zero-order chi connectivity index (χ0) is 22.9. The molecule has 0 bridgehead atoms. The zero-order valence-electron chi connectivity index (χ0n) is 18.4. The molecule has 33 heavy (non-hydrogen) atoms. The van der Waals surface area contributed by atoms with E-state index in [1.165, 1.54) is 11.3 Å². The predicted octanol–water partition coefficient (Wildman–Crippen LogP) is 5.07. The fraction of sp³-hybridized carbons (Fsp3) is 0.208. The lowest BCUT2D eigenvalue weighted by molar-refractivity contribution is 0.102. The van der Waals surface area contributed by atoms with Gasteiger partial charge in [0.1, 0.15) is 11.6 Å². The molecule has 0 aliphatic carbocycles. The number of hydrogen-bond donors (Lipinski definition) is 1. The van der Waals surface area contributed by atoms with E-state index in [0.29, 0.717) is 22.3 Å². The summed E-state index contributed by atoms with van der Waals surface area (Å²) in [5.41, 5.74) is 3.00. The molecule has 168 valence electrons. The lowest BCUT2D eigenvalue weighted by Gasteiger charge is -2.10. The lowest BCUT2D eigenvalue weighted by Crippen LogP contribution is -2.15. The van der Waals surface area contributed by atoms with Gasteiger partial charge in [-0.15, -0.1) is 11.3 Å². The number of rotatable bonds is 6. The van der Waals surface area contributed by atoms with Gasteiger partial charge in [0, 0.05) is 22.6 Å². The van der Waals surface area contributed by atoms with Crippen molar-refractivity contribution in [2.24, 2.45) is 0 Å². The van der Waals surface area contributed by atoms with Crippen LogP contribution in [0.15, 0.2) is 53.9 Å². The number of hydrogen-bond acceptors (Lipinski definition) is 7. The molecule has 0 fully saturated rings. The molecule has 3 heterocycles. The summed E-state index contributed by atoms with van der Waals surface area (Å²) in [5.74, 6) is 2.47. The van der Waals surface area contributed by atoms with Crippen LogP contribution < -0.4 is 19.5 Å². The average molecular weight is 463 g/mol. The van der Waals surface area contributed by atoms with Crippen LogP contribution in [-0.2, 0) is 0 Å². The molecule has 1 aliphatic heterocycles. The molecule has 2 aromatic carbocycles. The second kappa shape index (κ2) is 8.59. The summed E-state index contributed by atoms with van der Waals surface area (Å²) in [4.78, 5) is 17.6. The number of nitrogens with zero attached hydrogens (tertiary/aromatic N) is 3. The number of anilines is 1. The highest BCUT2D eigenvalue weighted by molar-refractivity contribution is 7.12. The average Bonchev–Trinajstić information content (AvgIpc) is 3.52. The Morgan fingerprint density at radius 2 is 1.91 bits per heavy atom. The predicted molar refractivity (Wildman–Crippen MR) is 126 cm³/mol. The van der Waals surface area contributed by atoms with Gasteiger partial charge >= 0.3 is 0 Å². The van der Waals surface area contributed by atoms with Crippen LogP contribution in [0.25, 0.3) is 16.4 Å². The van der Waals surface area contributed by atoms with Crippen molar-refractivity contribution in [1.29, 1.82) is 0 Å². The van der Waals surface area contributed by atoms with Gasteiger partial charge in [0.05, 0.1) is 17.5 Å². The number of thiazole rings is 1. The standard InChI is InChI=1S/C24H22N4O4S/c1-14(2)32-18-7-4-16(5-8-18)23(29)26-22-10-15(3)27-28(22)24-25-19(12-33-24)17-6-9-20-21(11-17)31-13-30-20/h4-12,14H,13H2,1-3H3,(H,26,29). The van der Waals surface area contributed by atoms with E-state index in [1.54, 1.807) is 28.9 Å². The van der Waals surface area contributed by atoms with Crippen LogP contribution in [0.3, 0.4) is 0 Å². The molecule has 1 amide bonds. The van der Waals surface area contributed by atoms with Crippen LogP contribution in [0.4, 0.5) is 5.82 Å². The number of nitrogens with one attached hydrogen (secondary N) is 1. The van der Waals surface area contributed by atoms with Crippen LogP contribution >= 0.6 is 11.3 Å². The number of benzene rings is 2. The monoisotopic (exact) mass is 462 g/mol. The first kappa shape index (κ1) is 21.0. The molecule has 1 N–H and O–H groups in total. The van der Waals surface area contributed by atoms with E-state index in [1.807, 2.05) is 50.4 Å². The van der Waals surface area contributed by atoms with Crippen molar-refractivity contribution >= 4 is 23.1 Å². The fourth-order valence-corrected chi connectivity index (χ4v) is 4.23. The third kappa shape index (κ3) is 4.40. The Morgan fingerprint density at radius 3 is 2.70 bits per heavy atom. The number of ether oxygens (including phenoxy) is 3. The number of amides is 1. The van der Waals surface area contributed by atoms with Crippen molar-refractivity contribution in [3.63, 3.8) is 0 Å². The van der Waals surface area contributed by atoms with E-state index >= 15 is 0 Å². The lowest BCUT2D eigenvalue weighted by atomic mass is 10.1. The Kier molecular flexibility index (Phi) is 5.47. The van der Waals surface area contributed by atoms with Crippen molar-refractivity contribution in [2.75, 3.05) is 12.1 Å². The van der Waals surface area contributed by atoms with Gasteiger partial charge in [0.2, 0.25) is 11.9 Å². The Bertz CT molecular complexity index is 1310. The number of carbonyl (C=O) groups excluding carboxylic acids is 1. The van der Waals surface area contributed by atoms with Gasteiger partial charge in [0.15, 0.2) is 11.5 Å². The molecule has 4 aromatic rings. The third-order valence-corrected chi connectivity index (χ3v) is 5.72. The molecular formula is C24H22N4O4S. The highest BCUT2D eigenvalue weighted by Crippen LogP contribution is 2.36. The number of carbonyl (C=O) groups is 1. The molecular weight excluding hydrogens is 440 g/mol. The summed E-state index contributed by atoms with van der Waals surface area (Å²) in [5, 5.41) is 10.1. The fourth-order valence-electron chi connectivity index (χ4n) is 3.43. The minimum atomic E-state index is -0.236. The van der Waals surface area contributed by atoms with E-state index in [4.69, 9.17) is 19.2 Å². The van der Waals surface area contributed by atoms with Crippen LogP contribution in [-0.4, -0.2) is 33.6 Å². The van der Waals surface area contributed by atoms with Crippen LogP contribution in [0.5, 0.6) is 17.2 Å². The molecule has 0 atom stereocenters. The molecule has 1 aliphatic rings. The van der Waals surface area contributed by atoms with Crippen LogP contribution in [0, 0.1) is 6.92 Å². The van der Waals surface area contributed by atoms with Crippen LogP contribution in [0.1, 0.15) is 29.9 Å². The maximum absolute atomic E-state index is 12.8. The molecule has 0 spiro atoms. The number of fused-ring (bicyclic) bond motifs is 1. The molecule has 8 nitrogen and oxygen atoms in total. The van der Waals surface area contributed by atoms with Gasteiger partial charge in [-0.05, 0) is 63.2 Å². The molecule has 0 unspecified atom stereocenters. The van der Waals surface area contributed by atoms with Crippen molar-refractivity contribution in [2.45, 2.75) is 26.9 Å². The summed E-state index contributed by atoms with van der Waals surface area (Å²) >= 11 is 1.44. The summed E-state index contributed by atoms with van der Waals surface area (Å²) < 4.78 is 18.1. The summed E-state index contributed by atoms with van der Waals surface area (Å²) in [7, 11) is 0. The van der Waals surface area contributed by atoms with Gasteiger partial charge in [-0.25, -0.2) is 4.98 Å². The van der Waals surface area contributed by atoms with Gasteiger partial charge in [0.25, 0.3) is 5.91 Å².